The van der Waals surface area contributed by atoms with Crippen LogP contribution in [-0.2, 0) is 10.3 Å². The summed E-state index contributed by atoms with van der Waals surface area (Å²) in [4.78, 5) is 31.5. The maximum absolute atomic E-state index is 15.1. The van der Waals surface area contributed by atoms with Crippen LogP contribution in [0.25, 0.3) is 0 Å². The molecule has 0 bridgehead atoms. The first kappa shape index (κ1) is 23.2. The van der Waals surface area contributed by atoms with Crippen molar-refractivity contribution < 1.29 is 23.1 Å². The number of H-pyrrole nitrogens is 1. The summed E-state index contributed by atoms with van der Waals surface area (Å²) in [6, 6.07) is 8.97. The molecule has 0 unspecified atom stereocenters. The van der Waals surface area contributed by atoms with Gasteiger partial charge in [-0.15, -0.1) is 5.10 Å². The Morgan fingerprint density at radius 1 is 1.26 bits per heavy atom. The summed E-state index contributed by atoms with van der Waals surface area (Å²) in [7, 11) is 0. The lowest BCUT2D eigenvalue weighted by atomic mass is 9.83. The normalized spacial score (nSPS) is 20.2. The molecule has 2 amide bonds. The highest BCUT2D eigenvalue weighted by molar-refractivity contribution is 6.31. The van der Waals surface area contributed by atoms with Crippen molar-refractivity contribution in [2.24, 2.45) is 0 Å². The Hall–Kier alpha value is -3.53. The van der Waals surface area contributed by atoms with Gasteiger partial charge in [-0.25, -0.2) is 18.6 Å². The van der Waals surface area contributed by atoms with Crippen LogP contribution in [0, 0.1) is 11.6 Å². The number of ether oxygens (including phenoxy) is 1. The number of hydrogen-bond donors (Lipinski definition) is 2. The molecule has 1 spiro atoms. The number of nitrogens with zero attached hydrogens (tertiary/aromatic N) is 3. The molecule has 11 heteroatoms. The molecule has 35 heavy (non-hydrogen) atoms. The Bertz CT molecular complexity index is 1300. The number of fused-ring (bicyclic) bond motifs is 2. The number of carbonyl (C=O) groups excluding carboxylic acids is 2. The number of hydrogen-bond acceptors (Lipinski definition) is 5. The first-order valence-electron chi connectivity index (χ1n) is 11.3. The molecule has 2 N–H and O–H groups in total. The molecule has 0 saturated carbocycles. The summed E-state index contributed by atoms with van der Waals surface area (Å²) in [6.45, 7) is 2.25. The van der Waals surface area contributed by atoms with Crippen LogP contribution in [0.4, 0.5) is 19.3 Å². The van der Waals surface area contributed by atoms with Gasteiger partial charge in [0, 0.05) is 12.5 Å². The molecule has 2 aromatic carbocycles. The predicted molar refractivity (Wildman–Crippen MR) is 123 cm³/mol. The van der Waals surface area contributed by atoms with E-state index in [0.29, 0.717) is 31.6 Å². The maximum Gasteiger partial charge on any atom is 0.412 e. The Labute approximate surface area is 204 Å². The van der Waals surface area contributed by atoms with Gasteiger partial charge in [0.15, 0.2) is 11.4 Å². The minimum Gasteiger partial charge on any atom is -0.436 e. The summed E-state index contributed by atoms with van der Waals surface area (Å²) in [5.41, 5.74) is -0.144. The SMILES string of the molecule is CC[C@@H](c1ccc(F)cc1)c1nc(C(=O)N2CCC[C@@]3(C2)OC(=O)Nc2ccc(Cl)c(F)c23)n[nH]1. The van der Waals surface area contributed by atoms with E-state index in [1.807, 2.05) is 6.92 Å². The fraction of sp³-hybridized carbons (Fsp3) is 0.333. The first-order chi connectivity index (χ1) is 16.8. The van der Waals surface area contributed by atoms with Gasteiger partial charge in [-0.2, -0.15) is 0 Å². The van der Waals surface area contributed by atoms with Crippen LogP contribution >= 0.6 is 11.6 Å². The van der Waals surface area contributed by atoms with Crippen LogP contribution in [0.1, 0.15) is 59.7 Å². The highest BCUT2D eigenvalue weighted by Gasteiger charge is 2.49. The summed E-state index contributed by atoms with van der Waals surface area (Å²) < 4.78 is 34.0. The van der Waals surface area contributed by atoms with Gasteiger partial charge < -0.3 is 9.64 Å². The number of piperidine rings is 1. The van der Waals surface area contributed by atoms with E-state index in [0.717, 1.165) is 5.56 Å². The predicted octanol–water partition coefficient (Wildman–Crippen LogP) is 4.97. The van der Waals surface area contributed by atoms with Crippen molar-refractivity contribution in [2.75, 3.05) is 18.4 Å². The fourth-order valence-electron chi connectivity index (χ4n) is 4.90. The number of benzene rings is 2. The van der Waals surface area contributed by atoms with Gasteiger partial charge in [-0.3, -0.25) is 15.2 Å². The van der Waals surface area contributed by atoms with Crippen LogP contribution < -0.4 is 5.32 Å². The second-order valence-electron chi connectivity index (χ2n) is 8.68. The number of amides is 2. The minimum atomic E-state index is -1.38. The van der Waals surface area contributed by atoms with Gasteiger partial charge in [-0.1, -0.05) is 30.7 Å². The lowest BCUT2D eigenvalue weighted by Gasteiger charge is -2.44. The van der Waals surface area contributed by atoms with Crippen LogP contribution in [0.3, 0.4) is 0 Å². The molecule has 2 atom stereocenters. The summed E-state index contributed by atoms with van der Waals surface area (Å²) >= 11 is 6.02. The van der Waals surface area contributed by atoms with Crippen LogP contribution in [0.5, 0.6) is 0 Å². The average molecular weight is 502 g/mol. The van der Waals surface area contributed by atoms with E-state index in [2.05, 4.69) is 20.5 Å². The van der Waals surface area contributed by atoms with Crippen LogP contribution in [-0.4, -0.2) is 45.2 Å². The summed E-state index contributed by atoms with van der Waals surface area (Å²) in [5.74, 6) is -1.28. The molecule has 1 fully saturated rings. The van der Waals surface area contributed by atoms with E-state index in [1.54, 1.807) is 12.1 Å². The smallest absolute Gasteiger partial charge is 0.412 e. The van der Waals surface area contributed by atoms with Gasteiger partial charge in [0.05, 0.1) is 22.8 Å². The van der Waals surface area contributed by atoms with E-state index in [4.69, 9.17) is 16.3 Å². The van der Waals surface area contributed by atoms with E-state index in [9.17, 15) is 14.0 Å². The van der Waals surface area contributed by atoms with Crippen molar-refractivity contribution in [3.63, 3.8) is 0 Å². The number of aromatic amines is 1. The van der Waals surface area contributed by atoms with Crippen LogP contribution in [0.15, 0.2) is 36.4 Å². The zero-order valence-corrected chi connectivity index (χ0v) is 19.5. The number of halogens is 3. The fourth-order valence-corrected chi connectivity index (χ4v) is 5.05. The number of anilines is 1. The maximum atomic E-state index is 15.1. The molecule has 3 aromatic rings. The Kier molecular flexibility index (Phi) is 5.92. The molecule has 8 nitrogen and oxygen atoms in total. The van der Waals surface area contributed by atoms with Crippen LogP contribution in [0.2, 0.25) is 5.02 Å². The van der Waals surface area contributed by atoms with Gasteiger partial charge in [0.25, 0.3) is 5.91 Å². The zero-order chi connectivity index (χ0) is 24.7. The highest BCUT2D eigenvalue weighted by atomic mass is 35.5. The molecular formula is C24H22ClF2N5O3. The van der Waals surface area contributed by atoms with Gasteiger partial charge in [0.1, 0.15) is 11.6 Å². The standard InChI is InChI=1S/C24H22ClF2N5O3/c1-2-15(13-4-6-14(26)7-5-13)20-29-21(31-30-20)22(33)32-11-3-10-24(12-32)18-17(28-23(34)35-24)9-8-16(25)19(18)27/h4-9,15H,2-3,10-12H2,1H3,(H,28,34)(H,29,30,31)/t15-,24-/m0/s1. The third-order valence-electron chi connectivity index (χ3n) is 6.52. The first-order valence-corrected chi connectivity index (χ1v) is 11.6. The molecule has 3 heterocycles. The number of aromatic nitrogens is 3. The molecule has 2 aliphatic rings. The third-order valence-corrected chi connectivity index (χ3v) is 6.81. The Balaban J connectivity index is 1.42. The Morgan fingerprint density at radius 3 is 2.77 bits per heavy atom. The lowest BCUT2D eigenvalue weighted by molar-refractivity contribution is -0.0420. The highest BCUT2D eigenvalue weighted by Crippen LogP contribution is 2.45. The van der Waals surface area contributed by atoms with E-state index >= 15 is 4.39 Å². The van der Waals surface area contributed by atoms with E-state index in [-0.39, 0.29) is 40.4 Å². The second-order valence-corrected chi connectivity index (χ2v) is 9.09. The van der Waals surface area contributed by atoms with Crippen molar-refractivity contribution in [1.29, 1.82) is 0 Å². The molecular weight excluding hydrogens is 480 g/mol. The molecule has 182 valence electrons. The van der Waals surface area contributed by atoms with Gasteiger partial charge >= 0.3 is 6.09 Å². The number of rotatable bonds is 4. The van der Waals surface area contributed by atoms with Gasteiger partial charge in [-0.05, 0) is 49.1 Å². The Morgan fingerprint density at radius 2 is 2.03 bits per heavy atom. The van der Waals surface area contributed by atoms with Crippen molar-refractivity contribution in [3.8, 4) is 0 Å². The second kappa shape index (κ2) is 8.92. The number of likely N-dealkylation sites (tertiary alicyclic amines) is 1. The minimum absolute atomic E-state index is 0.0512. The lowest BCUT2D eigenvalue weighted by Crippen LogP contribution is -2.53. The number of carbonyl (C=O) groups is 2. The summed E-state index contributed by atoms with van der Waals surface area (Å²) in [6.07, 6.45) is 0.727. The topological polar surface area (TPSA) is 100 Å². The van der Waals surface area contributed by atoms with E-state index in [1.165, 1.54) is 29.2 Å². The summed E-state index contributed by atoms with van der Waals surface area (Å²) in [5, 5.41) is 9.34. The monoisotopic (exact) mass is 501 g/mol. The van der Waals surface area contributed by atoms with Crippen molar-refractivity contribution >= 4 is 29.3 Å². The molecule has 5 rings (SSSR count). The van der Waals surface area contributed by atoms with Gasteiger partial charge in [0.2, 0.25) is 5.82 Å². The van der Waals surface area contributed by atoms with E-state index < -0.39 is 23.4 Å². The molecule has 0 aliphatic carbocycles. The zero-order valence-electron chi connectivity index (χ0n) is 18.8. The van der Waals surface area contributed by atoms with Crippen molar-refractivity contribution in [1.82, 2.24) is 20.1 Å². The molecule has 1 saturated heterocycles. The van der Waals surface area contributed by atoms with Crippen molar-refractivity contribution in [3.05, 3.63) is 75.8 Å². The van der Waals surface area contributed by atoms with Crippen molar-refractivity contribution in [2.45, 2.75) is 37.7 Å². The molecule has 2 aliphatic heterocycles. The third kappa shape index (κ3) is 4.12. The average Bonchev–Trinajstić information content (AvgIpc) is 3.32. The molecule has 0 radical (unpaired) electrons. The largest absolute Gasteiger partial charge is 0.436 e. The molecule has 1 aromatic heterocycles. The number of nitrogens with one attached hydrogen (secondary N) is 2. The quantitative estimate of drug-likeness (QED) is 0.525.